The third kappa shape index (κ3) is 5.83. The van der Waals surface area contributed by atoms with Gasteiger partial charge < -0.3 is 0 Å². The van der Waals surface area contributed by atoms with Crippen molar-refractivity contribution in [2.75, 3.05) is 7.05 Å². The van der Waals surface area contributed by atoms with Crippen molar-refractivity contribution in [1.82, 2.24) is 5.01 Å². The molecule has 0 unspecified atom stereocenters. The minimum absolute atomic E-state index is 0.0663. The number of nitrogens with zero attached hydrogens (tertiary/aromatic N) is 3. The van der Waals surface area contributed by atoms with E-state index in [-0.39, 0.29) is 5.54 Å². The van der Waals surface area contributed by atoms with Gasteiger partial charge in [-0.2, -0.15) is 5.11 Å². The lowest BCUT2D eigenvalue weighted by Gasteiger charge is -2.18. The summed E-state index contributed by atoms with van der Waals surface area (Å²) in [5.74, 6) is 0. The summed E-state index contributed by atoms with van der Waals surface area (Å²) in [7, 11) is 1.93. The molecule has 11 heavy (non-hydrogen) atoms. The van der Waals surface area contributed by atoms with Gasteiger partial charge in [-0.15, -0.1) is 0 Å². The molecular weight excluding hydrogens is 138 g/mol. The zero-order chi connectivity index (χ0) is 9.07. The van der Waals surface area contributed by atoms with Gasteiger partial charge in [-0.25, -0.2) is 0 Å². The number of hydrogen-bond donors (Lipinski definition) is 0. The lowest BCUT2D eigenvalue weighted by molar-refractivity contribution is 0.253. The van der Waals surface area contributed by atoms with Crippen molar-refractivity contribution in [1.29, 1.82) is 0 Å². The molecule has 0 rings (SSSR count). The summed E-state index contributed by atoms with van der Waals surface area (Å²) in [4.78, 5) is 0. The molecule has 0 N–H and O–H groups in total. The summed E-state index contributed by atoms with van der Waals surface area (Å²) >= 11 is 0. The Balaban J connectivity index is 3.93. The third-order valence-corrected chi connectivity index (χ3v) is 1.23. The highest BCUT2D eigenvalue weighted by atomic mass is 15.5. The first kappa shape index (κ1) is 10.4. The van der Waals surface area contributed by atoms with Crippen molar-refractivity contribution < 1.29 is 0 Å². The quantitative estimate of drug-likeness (QED) is 0.447. The molecule has 66 valence electrons. The third-order valence-electron chi connectivity index (χ3n) is 1.23. The fourth-order valence-corrected chi connectivity index (χ4v) is 0.308. The Hall–Kier alpha value is -0.600. The maximum atomic E-state index is 4.13. The molecule has 0 fully saturated rings. The smallest absolute Gasteiger partial charge is 0.0753 e. The van der Waals surface area contributed by atoms with Crippen molar-refractivity contribution in [2.24, 2.45) is 10.3 Å². The molecule has 0 aliphatic rings. The second-order valence-corrected chi connectivity index (χ2v) is 4.03. The van der Waals surface area contributed by atoms with Gasteiger partial charge in [0.05, 0.1) is 5.54 Å². The number of rotatable bonds is 2. The molecule has 0 spiro atoms. The van der Waals surface area contributed by atoms with E-state index in [2.05, 4.69) is 24.2 Å². The van der Waals surface area contributed by atoms with Gasteiger partial charge in [0.2, 0.25) is 0 Å². The zero-order valence-corrected chi connectivity index (χ0v) is 8.42. The highest BCUT2D eigenvalue weighted by molar-refractivity contribution is 4.66. The lowest BCUT2D eigenvalue weighted by Crippen LogP contribution is -2.21. The molecule has 0 saturated heterocycles. The lowest BCUT2D eigenvalue weighted by atomic mass is 10.1. The van der Waals surface area contributed by atoms with Crippen LogP contribution in [0.2, 0.25) is 0 Å². The van der Waals surface area contributed by atoms with Crippen LogP contribution in [0.25, 0.3) is 0 Å². The Morgan fingerprint density at radius 2 is 1.64 bits per heavy atom. The molecule has 3 nitrogen and oxygen atoms in total. The Morgan fingerprint density at radius 1 is 1.18 bits per heavy atom. The van der Waals surface area contributed by atoms with Crippen LogP contribution in [-0.2, 0) is 0 Å². The molecule has 0 radical (unpaired) electrons. The van der Waals surface area contributed by atoms with Gasteiger partial charge in [0.1, 0.15) is 0 Å². The summed E-state index contributed by atoms with van der Waals surface area (Å²) < 4.78 is 0. The van der Waals surface area contributed by atoms with Crippen molar-refractivity contribution >= 4 is 0 Å². The molecule has 0 aliphatic heterocycles. The second kappa shape index (κ2) is 3.69. The van der Waals surface area contributed by atoms with Crippen LogP contribution in [0.3, 0.4) is 0 Å². The first-order valence-corrected chi connectivity index (χ1v) is 3.98. The predicted octanol–water partition coefficient (Wildman–Crippen LogP) is 2.49. The summed E-state index contributed by atoms with van der Waals surface area (Å²) in [5.41, 5.74) is -0.0663. The Kier molecular flexibility index (Phi) is 3.49. The molecule has 0 aromatic heterocycles. The summed E-state index contributed by atoms with van der Waals surface area (Å²) in [6.45, 7) is 10.3. The molecule has 0 aliphatic carbocycles. The molecule has 0 saturated carbocycles. The highest BCUT2D eigenvalue weighted by Gasteiger charge is 2.07. The second-order valence-electron chi connectivity index (χ2n) is 4.03. The average Bonchev–Trinajstić information content (AvgIpc) is 1.80. The molecule has 3 heteroatoms. The monoisotopic (exact) mass is 157 g/mol. The molecule has 0 aromatic rings. The summed E-state index contributed by atoms with van der Waals surface area (Å²) in [6.07, 6.45) is 0. The van der Waals surface area contributed by atoms with E-state index < -0.39 is 0 Å². The standard InChI is InChI=1S/C8H19N3/c1-7(2)11(6)10-9-8(3,4)5/h7H,1-6H3/b10-9-. The Labute approximate surface area is 69.5 Å². The van der Waals surface area contributed by atoms with Crippen LogP contribution in [0, 0.1) is 0 Å². The van der Waals surface area contributed by atoms with Gasteiger partial charge in [-0.1, -0.05) is 5.22 Å². The minimum Gasteiger partial charge on any atom is -0.279 e. The van der Waals surface area contributed by atoms with Gasteiger partial charge in [-0.05, 0) is 34.6 Å². The summed E-state index contributed by atoms with van der Waals surface area (Å²) in [5, 5.41) is 10.0. The SMILES string of the molecule is CC(C)N(C)/N=N\C(C)(C)C. The average molecular weight is 157 g/mol. The Bertz CT molecular complexity index is 133. The molecule has 0 atom stereocenters. The predicted molar refractivity (Wildman–Crippen MR) is 47.5 cm³/mol. The minimum atomic E-state index is -0.0663. The first-order chi connectivity index (χ1) is 4.83. The van der Waals surface area contributed by atoms with E-state index in [0.29, 0.717) is 6.04 Å². The van der Waals surface area contributed by atoms with E-state index in [9.17, 15) is 0 Å². The fraction of sp³-hybridized carbons (Fsp3) is 1.00. The van der Waals surface area contributed by atoms with E-state index in [1.165, 1.54) is 0 Å². The Morgan fingerprint density at radius 3 is 1.91 bits per heavy atom. The van der Waals surface area contributed by atoms with Crippen LogP contribution in [0.5, 0.6) is 0 Å². The van der Waals surface area contributed by atoms with Gasteiger partial charge in [0.15, 0.2) is 0 Å². The fourth-order valence-electron chi connectivity index (χ4n) is 0.308. The maximum absolute atomic E-state index is 4.13. The van der Waals surface area contributed by atoms with Gasteiger partial charge in [0.25, 0.3) is 0 Å². The van der Waals surface area contributed by atoms with Crippen molar-refractivity contribution in [3.05, 3.63) is 0 Å². The summed E-state index contributed by atoms with van der Waals surface area (Å²) in [6, 6.07) is 0.418. The molecular formula is C8H19N3. The van der Waals surface area contributed by atoms with Crippen LogP contribution in [-0.4, -0.2) is 23.6 Å². The van der Waals surface area contributed by atoms with Gasteiger partial charge in [-0.3, -0.25) is 5.01 Å². The van der Waals surface area contributed by atoms with Crippen LogP contribution in [0.15, 0.2) is 10.3 Å². The highest BCUT2D eigenvalue weighted by Crippen LogP contribution is 2.08. The van der Waals surface area contributed by atoms with Crippen LogP contribution < -0.4 is 0 Å². The van der Waals surface area contributed by atoms with Crippen LogP contribution in [0.1, 0.15) is 34.6 Å². The number of hydrogen-bond acceptors (Lipinski definition) is 2. The van der Waals surface area contributed by atoms with Crippen molar-refractivity contribution in [2.45, 2.75) is 46.2 Å². The van der Waals surface area contributed by atoms with E-state index >= 15 is 0 Å². The zero-order valence-electron chi connectivity index (χ0n) is 8.42. The molecule has 0 amide bonds. The van der Waals surface area contributed by atoms with Gasteiger partial charge in [0, 0.05) is 13.1 Å². The van der Waals surface area contributed by atoms with E-state index in [4.69, 9.17) is 0 Å². The molecule has 0 bridgehead atoms. The van der Waals surface area contributed by atoms with E-state index in [1.54, 1.807) is 0 Å². The van der Waals surface area contributed by atoms with Crippen molar-refractivity contribution in [3.63, 3.8) is 0 Å². The topological polar surface area (TPSA) is 28.0 Å². The largest absolute Gasteiger partial charge is 0.279 e. The molecule has 0 aromatic carbocycles. The normalized spacial score (nSPS) is 13.0. The first-order valence-electron chi connectivity index (χ1n) is 3.98. The van der Waals surface area contributed by atoms with E-state index in [1.807, 2.05) is 32.8 Å². The van der Waals surface area contributed by atoms with Gasteiger partial charge >= 0.3 is 0 Å². The van der Waals surface area contributed by atoms with E-state index in [0.717, 1.165) is 0 Å². The van der Waals surface area contributed by atoms with Crippen LogP contribution in [0.4, 0.5) is 0 Å². The van der Waals surface area contributed by atoms with Crippen molar-refractivity contribution in [3.8, 4) is 0 Å². The maximum Gasteiger partial charge on any atom is 0.0753 e. The van der Waals surface area contributed by atoms with Crippen LogP contribution >= 0.6 is 0 Å². The molecule has 0 heterocycles.